The molecule has 0 radical (unpaired) electrons. The predicted octanol–water partition coefficient (Wildman–Crippen LogP) is 0.608. The highest BCUT2D eigenvalue weighted by Crippen LogP contribution is 2.26. The highest BCUT2D eigenvalue weighted by molar-refractivity contribution is 7.89. The van der Waals surface area contributed by atoms with Gasteiger partial charge in [-0.25, -0.2) is 13.6 Å². The quantitative estimate of drug-likeness (QED) is 0.832. The van der Waals surface area contributed by atoms with Gasteiger partial charge in [-0.15, -0.1) is 0 Å². The third kappa shape index (κ3) is 3.71. The van der Waals surface area contributed by atoms with Crippen molar-refractivity contribution >= 4 is 15.9 Å². The summed E-state index contributed by atoms with van der Waals surface area (Å²) >= 11 is 0. The number of ether oxygens (including phenoxy) is 1. The van der Waals surface area contributed by atoms with E-state index in [9.17, 15) is 13.2 Å². The third-order valence-corrected chi connectivity index (χ3v) is 3.95. The summed E-state index contributed by atoms with van der Waals surface area (Å²) in [5.74, 6) is 0.352. The summed E-state index contributed by atoms with van der Waals surface area (Å²) in [6, 6.07) is 3.17. The molecule has 1 aliphatic rings. The van der Waals surface area contributed by atoms with Gasteiger partial charge in [-0.3, -0.25) is 4.79 Å². The van der Waals surface area contributed by atoms with E-state index < -0.39 is 10.0 Å². The van der Waals surface area contributed by atoms with Crippen molar-refractivity contribution in [2.45, 2.75) is 37.6 Å². The number of amides is 1. The minimum Gasteiger partial charge on any atom is -0.483 e. The van der Waals surface area contributed by atoms with Gasteiger partial charge in [0, 0.05) is 6.04 Å². The molecule has 1 amide bonds. The fourth-order valence-corrected chi connectivity index (χ4v) is 2.62. The molecule has 7 heteroatoms. The van der Waals surface area contributed by atoms with Crippen molar-refractivity contribution in [3.05, 3.63) is 23.3 Å². The number of carbonyl (C=O) groups is 1. The van der Waals surface area contributed by atoms with Crippen LogP contribution < -0.4 is 15.2 Å². The van der Waals surface area contributed by atoms with Gasteiger partial charge in [0.25, 0.3) is 5.91 Å². The van der Waals surface area contributed by atoms with Crippen LogP contribution in [0.5, 0.6) is 5.75 Å². The molecule has 1 aromatic carbocycles. The summed E-state index contributed by atoms with van der Waals surface area (Å²) in [6.45, 7) is 3.36. The van der Waals surface area contributed by atoms with Crippen LogP contribution in [0.15, 0.2) is 17.0 Å². The number of nitrogens with two attached hydrogens (primary N) is 1. The van der Waals surface area contributed by atoms with Crippen molar-refractivity contribution in [1.82, 2.24) is 5.32 Å². The summed E-state index contributed by atoms with van der Waals surface area (Å²) in [7, 11) is -3.74. The van der Waals surface area contributed by atoms with Gasteiger partial charge in [0.1, 0.15) is 5.75 Å². The van der Waals surface area contributed by atoms with Crippen LogP contribution in [0.1, 0.15) is 24.0 Å². The molecule has 1 aromatic rings. The summed E-state index contributed by atoms with van der Waals surface area (Å²) in [5.41, 5.74) is 1.27. The number of nitrogens with one attached hydrogen (secondary N) is 1. The van der Waals surface area contributed by atoms with Gasteiger partial charge in [-0.2, -0.15) is 0 Å². The maximum absolute atomic E-state index is 11.6. The molecule has 0 heterocycles. The molecule has 0 bridgehead atoms. The fourth-order valence-electron chi connectivity index (χ4n) is 1.94. The Morgan fingerprint density at radius 3 is 2.35 bits per heavy atom. The first-order chi connectivity index (χ1) is 9.27. The van der Waals surface area contributed by atoms with Gasteiger partial charge in [-0.1, -0.05) is 0 Å². The zero-order valence-corrected chi connectivity index (χ0v) is 12.3. The zero-order valence-electron chi connectivity index (χ0n) is 11.5. The minimum absolute atomic E-state index is 0.0438. The summed E-state index contributed by atoms with van der Waals surface area (Å²) in [5, 5.41) is 7.91. The van der Waals surface area contributed by atoms with Crippen LogP contribution in [0.2, 0.25) is 0 Å². The molecule has 0 atom stereocenters. The minimum atomic E-state index is -3.74. The van der Waals surface area contributed by atoms with Gasteiger partial charge in [0.15, 0.2) is 6.61 Å². The lowest BCUT2D eigenvalue weighted by atomic mass is 10.1. The topological polar surface area (TPSA) is 98.5 Å². The molecule has 0 unspecified atom stereocenters. The Kier molecular flexibility index (Phi) is 4.01. The molecule has 0 aromatic heterocycles. The molecule has 0 saturated heterocycles. The van der Waals surface area contributed by atoms with Crippen molar-refractivity contribution in [1.29, 1.82) is 0 Å². The summed E-state index contributed by atoms with van der Waals surface area (Å²) in [6.07, 6.45) is 2.04. The molecular weight excluding hydrogens is 280 g/mol. The number of rotatable bonds is 5. The van der Waals surface area contributed by atoms with Gasteiger partial charge in [-0.05, 0) is 49.9 Å². The molecular formula is C13H18N2O4S. The van der Waals surface area contributed by atoms with Crippen molar-refractivity contribution in [3.8, 4) is 5.75 Å². The first-order valence-corrected chi connectivity index (χ1v) is 7.88. The molecule has 110 valence electrons. The maximum Gasteiger partial charge on any atom is 0.258 e. The van der Waals surface area contributed by atoms with E-state index in [4.69, 9.17) is 9.88 Å². The summed E-state index contributed by atoms with van der Waals surface area (Å²) < 4.78 is 28.1. The van der Waals surface area contributed by atoms with E-state index in [1.54, 1.807) is 13.8 Å². The van der Waals surface area contributed by atoms with Crippen LogP contribution in [0.3, 0.4) is 0 Å². The van der Waals surface area contributed by atoms with E-state index in [1.165, 1.54) is 12.1 Å². The number of primary sulfonamides is 1. The normalized spacial score (nSPS) is 14.9. The van der Waals surface area contributed by atoms with E-state index >= 15 is 0 Å². The van der Waals surface area contributed by atoms with E-state index in [0.717, 1.165) is 12.8 Å². The zero-order chi connectivity index (χ0) is 14.9. The van der Waals surface area contributed by atoms with Crippen molar-refractivity contribution in [3.63, 3.8) is 0 Å². The fraction of sp³-hybridized carbons (Fsp3) is 0.462. The highest BCUT2D eigenvalue weighted by atomic mass is 32.2. The smallest absolute Gasteiger partial charge is 0.258 e. The largest absolute Gasteiger partial charge is 0.483 e. The maximum atomic E-state index is 11.6. The lowest BCUT2D eigenvalue weighted by molar-refractivity contribution is -0.123. The Bertz CT molecular complexity index is 613. The molecule has 3 N–H and O–H groups in total. The SMILES string of the molecule is Cc1cc(S(N)(=O)=O)cc(C)c1OCC(=O)NC1CC1. The van der Waals surface area contributed by atoms with Gasteiger partial charge in [0.05, 0.1) is 4.90 Å². The Labute approximate surface area is 118 Å². The molecule has 1 saturated carbocycles. The Morgan fingerprint density at radius 1 is 1.35 bits per heavy atom. The second kappa shape index (κ2) is 5.41. The molecule has 1 aliphatic carbocycles. The molecule has 2 rings (SSSR count). The standard InChI is InChI=1S/C13H18N2O4S/c1-8-5-11(20(14,17)18)6-9(2)13(8)19-7-12(16)15-10-3-4-10/h5-6,10H,3-4,7H2,1-2H3,(H,15,16)(H2,14,17,18). The average Bonchev–Trinajstić information content (AvgIpc) is 3.10. The van der Waals surface area contributed by atoms with E-state index in [0.29, 0.717) is 16.9 Å². The number of aryl methyl sites for hydroxylation is 2. The Hall–Kier alpha value is -1.60. The van der Waals surface area contributed by atoms with E-state index in [1.807, 2.05) is 0 Å². The third-order valence-electron chi connectivity index (χ3n) is 3.05. The lowest BCUT2D eigenvalue weighted by Crippen LogP contribution is -2.30. The number of sulfonamides is 1. The monoisotopic (exact) mass is 298 g/mol. The number of benzene rings is 1. The van der Waals surface area contributed by atoms with Crippen molar-refractivity contribution in [2.75, 3.05) is 6.61 Å². The van der Waals surface area contributed by atoms with Crippen molar-refractivity contribution < 1.29 is 17.9 Å². The van der Waals surface area contributed by atoms with Crippen LogP contribution in [-0.4, -0.2) is 27.0 Å². The van der Waals surface area contributed by atoms with Crippen LogP contribution in [0.25, 0.3) is 0 Å². The van der Waals surface area contributed by atoms with Crippen molar-refractivity contribution in [2.24, 2.45) is 5.14 Å². The Morgan fingerprint density at radius 2 is 1.90 bits per heavy atom. The predicted molar refractivity (Wildman–Crippen MR) is 73.9 cm³/mol. The molecule has 20 heavy (non-hydrogen) atoms. The second-order valence-electron chi connectivity index (χ2n) is 5.06. The van der Waals surface area contributed by atoms with Crippen LogP contribution in [0.4, 0.5) is 0 Å². The first-order valence-electron chi connectivity index (χ1n) is 6.33. The number of hydrogen-bond acceptors (Lipinski definition) is 4. The molecule has 0 spiro atoms. The van der Waals surface area contributed by atoms with Gasteiger partial charge in [0.2, 0.25) is 10.0 Å². The van der Waals surface area contributed by atoms with Crippen LogP contribution in [0, 0.1) is 13.8 Å². The number of hydrogen-bond donors (Lipinski definition) is 2. The molecule has 0 aliphatic heterocycles. The van der Waals surface area contributed by atoms with Crippen LogP contribution >= 0.6 is 0 Å². The average molecular weight is 298 g/mol. The lowest BCUT2D eigenvalue weighted by Gasteiger charge is -2.13. The summed E-state index contributed by atoms with van der Waals surface area (Å²) in [4.78, 5) is 11.6. The van der Waals surface area contributed by atoms with Gasteiger partial charge >= 0.3 is 0 Å². The molecule has 1 fully saturated rings. The first kappa shape index (κ1) is 14.8. The van der Waals surface area contributed by atoms with E-state index in [2.05, 4.69) is 5.32 Å². The highest BCUT2D eigenvalue weighted by Gasteiger charge is 2.23. The van der Waals surface area contributed by atoms with Crippen LogP contribution in [-0.2, 0) is 14.8 Å². The van der Waals surface area contributed by atoms with E-state index in [-0.39, 0.29) is 23.5 Å². The Balaban J connectivity index is 2.09. The van der Waals surface area contributed by atoms with Gasteiger partial charge < -0.3 is 10.1 Å². The number of carbonyl (C=O) groups excluding carboxylic acids is 1. The molecule has 6 nitrogen and oxygen atoms in total. The second-order valence-corrected chi connectivity index (χ2v) is 6.62.